The van der Waals surface area contributed by atoms with Crippen LogP contribution in [0.1, 0.15) is 17.5 Å². The third-order valence-electron chi connectivity index (χ3n) is 3.43. The first-order valence-corrected chi connectivity index (χ1v) is 6.20. The van der Waals surface area contributed by atoms with Gasteiger partial charge in [0.05, 0.1) is 4.92 Å². The van der Waals surface area contributed by atoms with E-state index < -0.39 is 4.92 Å². The molecule has 6 nitrogen and oxygen atoms in total. The molecule has 0 bridgehead atoms. The Morgan fingerprint density at radius 3 is 2.68 bits per heavy atom. The highest BCUT2D eigenvalue weighted by Crippen LogP contribution is 2.36. The summed E-state index contributed by atoms with van der Waals surface area (Å²) >= 11 is 0. The lowest BCUT2D eigenvalue weighted by atomic mass is 10.1. The Morgan fingerprint density at radius 2 is 2.16 bits per heavy atom. The number of aryl methyl sites for hydroxylation is 2. The highest BCUT2D eigenvalue weighted by atomic mass is 16.6. The topological polar surface area (TPSA) is 89.5 Å². The van der Waals surface area contributed by atoms with Gasteiger partial charge in [0.2, 0.25) is 5.91 Å². The minimum atomic E-state index is -0.432. The van der Waals surface area contributed by atoms with Crippen LogP contribution in [0.2, 0.25) is 0 Å². The van der Waals surface area contributed by atoms with E-state index in [4.69, 9.17) is 5.73 Å². The molecule has 1 unspecified atom stereocenters. The summed E-state index contributed by atoms with van der Waals surface area (Å²) in [5.41, 5.74) is 7.55. The summed E-state index contributed by atoms with van der Waals surface area (Å²) in [4.78, 5) is 24.3. The molecular weight excluding hydrogens is 246 g/mol. The molecule has 1 amide bonds. The molecular formula is C13H17N3O3. The van der Waals surface area contributed by atoms with E-state index in [0.717, 1.165) is 11.1 Å². The molecule has 102 valence electrons. The number of nitrogens with two attached hydrogens (primary N) is 1. The molecule has 6 heteroatoms. The van der Waals surface area contributed by atoms with Crippen molar-refractivity contribution in [1.29, 1.82) is 0 Å². The van der Waals surface area contributed by atoms with Crippen LogP contribution in [-0.4, -0.2) is 23.9 Å². The Kier molecular flexibility index (Phi) is 3.53. The van der Waals surface area contributed by atoms with E-state index in [-0.39, 0.29) is 17.5 Å². The van der Waals surface area contributed by atoms with Crippen LogP contribution >= 0.6 is 0 Å². The summed E-state index contributed by atoms with van der Waals surface area (Å²) < 4.78 is 0. The summed E-state index contributed by atoms with van der Waals surface area (Å²) in [6.45, 7) is 4.47. The molecule has 1 aliphatic heterocycles. The molecule has 19 heavy (non-hydrogen) atoms. The molecule has 0 radical (unpaired) electrons. The maximum absolute atomic E-state index is 12.0. The van der Waals surface area contributed by atoms with Crippen molar-refractivity contribution in [3.8, 4) is 0 Å². The van der Waals surface area contributed by atoms with Crippen LogP contribution in [0.15, 0.2) is 12.1 Å². The molecule has 1 heterocycles. The lowest BCUT2D eigenvalue weighted by Gasteiger charge is -2.19. The molecule has 1 aromatic rings. The zero-order chi connectivity index (χ0) is 14.2. The van der Waals surface area contributed by atoms with E-state index in [1.54, 1.807) is 13.8 Å². The van der Waals surface area contributed by atoms with Crippen LogP contribution in [0.4, 0.5) is 11.4 Å². The maximum Gasteiger partial charge on any atom is 0.293 e. The summed E-state index contributed by atoms with van der Waals surface area (Å²) in [6, 6.07) is 3.36. The molecule has 1 saturated heterocycles. The fourth-order valence-corrected chi connectivity index (χ4v) is 2.58. The molecule has 0 spiro atoms. The average Bonchev–Trinajstić information content (AvgIpc) is 2.69. The predicted octanol–water partition coefficient (Wildman–Crippen LogP) is 1.52. The van der Waals surface area contributed by atoms with Crippen molar-refractivity contribution in [2.75, 3.05) is 18.0 Å². The predicted molar refractivity (Wildman–Crippen MR) is 72.1 cm³/mol. The van der Waals surface area contributed by atoms with Gasteiger partial charge in [-0.05, 0) is 37.4 Å². The van der Waals surface area contributed by atoms with Crippen LogP contribution in [-0.2, 0) is 4.79 Å². The SMILES string of the molecule is Cc1cc(C)c(N2CC(CN)CC2=O)c([N+](=O)[O-])c1. The Hall–Kier alpha value is -1.95. The van der Waals surface area contributed by atoms with Crippen LogP contribution in [0.5, 0.6) is 0 Å². The first-order valence-electron chi connectivity index (χ1n) is 6.20. The van der Waals surface area contributed by atoms with Crippen molar-refractivity contribution >= 4 is 17.3 Å². The van der Waals surface area contributed by atoms with E-state index in [1.165, 1.54) is 11.0 Å². The van der Waals surface area contributed by atoms with Gasteiger partial charge < -0.3 is 10.6 Å². The quantitative estimate of drug-likeness (QED) is 0.661. The van der Waals surface area contributed by atoms with Gasteiger partial charge in [0.15, 0.2) is 0 Å². The molecule has 2 rings (SSSR count). The van der Waals surface area contributed by atoms with Crippen molar-refractivity contribution in [3.05, 3.63) is 33.4 Å². The lowest BCUT2D eigenvalue weighted by molar-refractivity contribution is -0.384. The first kappa shape index (κ1) is 13.5. The van der Waals surface area contributed by atoms with Gasteiger partial charge in [-0.2, -0.15) is 0 Å². The smallest absolute Gasteiger partial charge is 0.293 e. The highest BCUT2D eigenvalue weighted by molar-refractivity contribution is 5.98. The van der Waals surface area contributed by atoms with E-state index in [9.17, 15) is 14.9 Å². The Balaban J connectivity index is 2.50. The second-order valence-electron chi connectivity index (χ2n) is 5.02. The molecule has 1 aromatic carbocycles. The molecule has 1 atom stereocenters. The number of rotatable bonds is 3. The van der Waals surface area contributed by atoms with Gasteiger partial charge in [0, 0.05) is 19.0 Å². The van der Waals surface area contributed by atoms with Gasteiger partial charge in [-0.15, -0.1) is 0 Å². The molecule has 0 aromatic heterocycles. The largest absolute Gasteiger partial charge is 0.330 e. The fourth-order valence-electron chi connectivity index (χ4n) is 2.58. The number of nitro groups is 1. The Morgan fingerprint density at radius 1 is 1.47 bits per heavy atom. The van der Waals surface area contributed by atoms with Crippen molar-refractivity contribution < 1.29 is 9.72 Å². The number of carbonyl (C=O) groups is 1. The monoisotopic (exact) mass is 263 g/mol. The van der Waals surface area contributed by atoms with Crippen molar-refractivity contribution in [1.82, 2.24) is 0 Å². The van der Waals surface area contributed by atoms with Crippen LogP contribution < -0.4 is 10.6 Å². The van der Waals surface area contributed by atoms with Crippen LogP contribution in [0.25, 0.3) is 0 Å². The summed E-state index contributed by atoms with van der Waals surface area (Å²) in [7, 11) is 0. The van der Waals surface area contributed by atoms with Crippen molar-refractivity contribution in [2.45, 2.75) is 20.3 Å². The number of benzene rings is 1. The number of nitro benzene ring substituents is 1. The summed E-state index contributed by atoms with van der Waals surface area (Å²) in [5, 5.41) is 11.2. The van der Waals surface area contributed by atoms with Crippen LogP contribution in [0, 0.1) is 29.9 Å². The van der Waals surface area contributed by atoms with Crippen molar-refractivity contribution in [3.63, 3.8) is 0 Å². The van der Waals surface area contributed by atoms with Gasteiger partial charge in [-0.3, -0.25) is 14.9 Å². The first-order chi connectivity index (χ1) is 8.93. The molecule has 0 aliphatic carbocycles. The molecule has 2 N–H and O–H groups in total. The number of carbonyl (C=O) groups excluding carboxylic acids is 1. The number of anilines is 1. The standard InChI is InChI=1S/C13H17N3O3/c1-8-3-9(2)13(11(4-8)16(18)19)15-7-10(6-14)5-12(15)17/h3-4,10H,5-7,14H2,1-2H3. The third-order valence-corrected chi connectivity index (χ3v) is 3.43. The minimum Gasteiger partial charge on any atom is -0.330 e. The second kappa shape index (κ2) is 4.97. The van der Waals surface area contributed by atoms with Gasteiger partial charge in [0.1, 0.15) is 5.69 Å². The fraction of sp³-hybridized carbons (Fsp3) is 0.462. The lowest BCUT2D eigenvalue weighted by Crippen LogP contribution is -2.27. The zero-order valence-corrected chi connectivity index (χ0v) is 11.0. The molecule has 1 fully saturated rings. The van der Waals surface area contributed by atoms with E-state index in [0.29, 0.717) is 25.2 Å². The van der Waals surface area contributed by atoms with Gasteiger partial charge in [0.25, 0.3) is 5.69 Å². The Bertz CT molecular complexity index is 542. The Labute approximate surface area is 111 Å². The van der Waals surface area contributed by atoms with Gasteiger partial charge in [-0.1, -0.05) is 6.07 Å². The minimum absolute atomic E-state index is 0.0106. The third kappa shape index (κ3) is 2.44. The highest BCUT2D eigenvalue weighted by Gasteiger charge is 2.34. The zero-order valence-electron chi connectivity index (χ0n) is 11.0. The maximum atomic E-state index is 12.0. The van der Waals surface area contributed by atoms with Crippen LogP contribution in [0.3, 0.4) is 0 Å². The number of hydrogen-bond donors (Lipinski definition) is 1. The van der Waals surface area contributed by atoms with E-state index >= 15 is 0 Å². The summed E-state index contributed by atoms with van der Waals surface area (Å²) in [6.07, 6.45) is 0.362. The summed E-state index contributed by atoms with van der Waals surface area (Å²) in [5.74, 6) is -0.0155. The number of amides is 1. The van der Waals surface area contributed by atoms with Gasteiger partial charge in [-0.25, -0.2) is 0 Å². The van der Waals surface area contributed by atoms with E-state index in [2.05, 4.69) is 0 Å². The van der Waals surface area contributed by atoms with E-state index in [1.807, 2.05) is 6.07 Å². The molecule has 1 aliphatic rings. The van der Waals surface area contributed by atoms with Gasteiger partial charge >= 0.3 is 0 Å². The van der Waals surface area contributed by atoms with Crippen molar-refractivity contribution in [2.24, 2.45) is 11.7 Å². The number of nitrogens with zero attached hydrogens (tertiary/aromatic N) is 2. The second-order valence-corrected chi connectivity index (χ2v) is 5.02. The average molecular weight is 263 g/mol. The molecule has 0 saturated carbocycles. The number of hydrogen-bond acceptors (Lipinski definition) is 4. The normalized spacial score (nSPS) is 19.0.